The Kier molecular flexibility index (Phi) is 9.54. The molecule has 5 nitrogen and oxygen atoms in total. The first kappa shape index (κ1) is 44.1. The summed E-state index contributed by atoms with van der Waals surface area (Å²) < 4.78 is 20.5. The van der Waals surface area contributed by atoms with Gasteiger partial charge in [-0.15, -0.1) is 0 Å². The molecule has 348 valence electrons. The fraction of sp³-hybridized carbons (Fsp3) is 0.250. The van der Waals surface area contributed by atoms with Crippen LogP contribution in [0, 0.1) is 27.7 Å². The van der Waals surface area contributed by atoms with Crippen LogP contribution in [0.3, 0.4) is 0 Å². The molecule has 10 aromatic rings. The molecule has 7 aromatic carbocycles. The van der Waals surface area contributed by atoms with Crippen molar-refractivity contribution in [3.8, 4) is 22.6 Å². The topological polar surface area (TPSA) is 45.9 Å². The Morgan fingerprint density at radius 1 is 0.400 bits per heavy atom. The molecule has 0 unspecified atom stereocenters. The molecule has 0 radical (unpaired) electrons. The number of para-hydroxylation sites is 2. The summed E-state index contributed by atoms with van der Waals surface area (Å²) in [7, 11) is 0. The molecule has 0 N–H and O–H groups in total. The minimum atomic E-state index is -0.194. The van der Waals surface area contributed by atoms with Crippen molar-refractivity contribution in [2.24, 2.45) is 0 Å². The highest BCUT2D eigenvalue weighted by molar-refractivity contribution is 7.01. The lowest BCUT2D eigenvalue weighted by Crippen LogP contribution is -2.61. The van der Waals surface area contributed by atoms with Crippen molar-refractivity contribution >= 4 is 90.3 Å². The van der Waals surface area contributed by atoms with Crippen molar-refractivity contribution < 1.29 is 13.3 Å². The van der Waals surface area contributed by atoms with Crippen LogP contribution in [0.15, 0.2) is 147 Å². The summed E-state index contributed by atoms with van der Waals surface area (Å²) in [5.41, 5.74) is 22.5. The van der Waals surface area contributed by atoms with E-state index in [4.69, 9.17) is 13.3 Å². The molecule has 0 aliphatic carbocycles. The highest BCUT2D eigenvalue weighted by atomic mass is 16.4. The molecule has 2 aliphatic heterocycles. The van der Waals surface area contributed by atoms with Crippen LogP contribution in [0.25, 0.3) is 55.6 Å². The summed E-state index contributed by atoms with van der Waals surface area (Å²) in [6.07, 6.45) is 0. The van der Waals surface area contributed by atoms with Crippen LogP contribution in [-0.2, 0) is 16.2 Å². The van der Waals surface area contributed by atoms with E-state index in [-0.39, 0.29) is 23.0 Å². The Bertz CT molecular complexity index is 3690. The minimum Gasteiger partial charge on any atom is -0.456 e. The predicted molar refractivity (Wildman–Crippen MR) is 296 cm³/mol. The van der Waals surface area contributed by atoms with E-state index in [2.05, 4.69) is 215 Å². The third-order valence-electron chi connectivity index (χ3n) is 15.1. The summed E-state index contributed by atoms with van der Waals surface area (Å²) in [6, 6.07) is 49.1. The van der Waals surface area contributed by atoms with Crippen molar-refractivity contribution in [1.29, 1.82) is 0 Å². The molecule has 0 fully saturated rings. The predicted octanol–water partition coefficient (Wildman–Crippen LogP) is 16.5. The van der Waals surface area contributed by atoms with E-state index in [1.807, 2.05) is 18.2 Å². The number of aryl methyl sites for hydroxylation is 4. The Morgan fingerprint density at radius 3 is 1.49 bits per heavy atom. The maximum atomic E-state index is 7.38. The number of nitrogens with zero attached hydrogens (tertiary/aromatic N) is 2. The van der Waals surface area contributed by atoms with Gasteiger partial charge in [-0.2, -0.15) is 0 Å². The van der Waals surface area contributed by atoms with Crippen LogP contribution < -0.4 is 26.2 Å². The molecule has 3 aromatic heterocycles. The minimum absolute atomic E-state index is 0.0143. The molecular formula is C64H61BN2O3. The third-order valence-corrected chi connectivity index (χ3v) is 15.1. The van der Waals surface area contributed by atoms with Crippen LogP contribution >= 0.6 is 0 Å². The van der Waals surface area contributed by atoms with Gasteiger partial charge in [-0.25, -0.2) is 0 Å². The molecule has 6 heteroatoms. The smallest absolute Gasteiger partial charge is 0.257 e. The largest absolute Gasteiger partial charge is 0.456 e. The first-order valence-corrected chi connectivity index (χ1v) is 24.9. The highest BCUT2D eigenvalue weighted by Gasteiger charge is 2.48. The van der Waals surface area contributed by atoms with Gasteiger partial charge in [0, 0.05) is 49.8 Å². The first-order valence-electron chi connectivity index (χ1n) is 24.9. The van der Waals surface area contributed by atoms with Crippen LogP contribution in [0.5, 0.6) is 0 Å². The zero-order valence-corrected chi connectivity index (χ0v) is 42.9. The second-order valence-electron chi connectivity index (χ2n) is 23.3. The third kappa shape index (κ3) is 6.81. The summed E-state index contributed by atoms with van der Waals surface area (Å²) >= 11 is 0. The average Bonchev–Trinajstić information content (AvgIpc) is 4.04. The normalized spacial score (nSPS) is 13.7. The van der Waals surface area contributed by atoms with Gasteiger partial charge in [0.15, 0.2) is 0 Å². The Hall–Kier alpha value is -7.18. The van der Waals surface area contributed by atoms with Crippen molar-refractivity contribution in [2.45, 2.75) is 106 Å². The number of fused-ring (bicyclic) bond motifs is 8. The maximum absolute atomic E-state index is 7.38. The van der Waals surface area contributed by atoms with Gasteiger partial charge >= 0.3 is 0 Å². The van der Waals surface area contributed by atoms with Gasteiger partial charge in [0.2, 0.25) is 5.88 Å². The van der Waals surface area contributed by atoms with Crippen LogP contribution in [0.1, 0.15) is 101 Å². The fourth-order valence-corrected chi connectivity index (χ4v) is 11.5. The Labute approximate surface area is 412 Å². The number of anilines is 6. The van der Waals surface area contributed by atoms with Gasteiger partial charge in [-0.05, 0) is 161 Å². The molecule has 12 rings (SSSR count). The summed E-state index contributed by atoms with van der Waals surface area (Å²) in [5, 5.41) is 3.33. The lowest BCUT2D eigenvalue weighted by atomic mass is 9.33. The molecule has 0 saturated carbocycles. The molecule has 0 amide bonds. The summed E-state index contributed by atoms with van der Waals surface area (Å²) in [6.45, 7) is 29.8. The molecule has 2 aliphatic rings. The zero-order chi connectivity index (χ0) is 48.9. The van der Waals surface area contributed by atoms with Crippen LogP contribution in [0.2, 0.25) is 0 Å². The van der Waals surface area contributed by atoms with E-state index < -0.39 is 0 Å². The SMILES string of the molecule is Cc1cc(C(C)(C)C)cc(C)c1N1c2cc(-c3cc4ccccc4o3)ccc2B2c3c1cc(C(C)(C)C)cc3N(c1c(C)cc(-c3cc4ccccc4o3)cc1C)c1oc3ccc(C(C)(C)C)cc3c12. The average molecular weight is 917 g/mol. The highest BCUT2D eigenvalue weighted by Crippen LogP contribution is 2.51. The zero-order valence-electron chi connectivity index (χ0n) is 42.9. The number of hydrogen-bond acceptors (Lipinski definition) is 5. The van der Waals surface area contributed by atoms with E-state index in [1.165, 1.54) is 55.6 Å². The lowest BCUT2D eigenvalue weighted by Gasteiger charge is -2.44. The lowest BCUT2D eigenvalue weighted by molar-refractivity contribution is 0.588. The number of furan rings is 3. The molecule has 0 spiro atoms. The monoisotopic (exact) mass is 916 g/mol. The first-order chi connectivity index (χ1) is 33.2. The number of hydrogen-bond donors (Lipinski definition) is 0. The summed E-state index contributed by atoms with van der Waals surface area (Å²) in [5.74, 6) is 2.58. The molecular weight excluding hydrogens is 856 g/mol. The van der Waals surface area contributed by atoms with Crippen LogP contribution in [0.4, 0.5) is 34.3 Å². The molecule has 0 atom stereocenters. The number of rotatable bonds is 4. The van der Waals surface area contributed by atoms with E-state index in [1.54, 1.807) is 0 Å². The fourth-order valence-electron chi connectivity index (χ4n) is 11.5. The standard InChI is InChI=1S/C64H61BN2O3/c1-36-26-43(56-32-41-19-15-17-21-53(41)69-56)27-37(2)60(36)67-51-35-46(64(11,12)13)34-50-58(51)65(57-47-33-44(62(5,6)7)23-25-54(47)70-61(57)67)48-24-22-42(55-31-40-18-14-16-20-52(40)68-55)30-49(48)66(50)59-38(3)28-45(29-39(59)4)63(8,9)10/h14-35H,1-13H3. The van der Waals surface area contributed by atoms with Crippen molar-refractivity contribution in [3.63, 3.8) is 0 Å². The van der Waals surface area contributed by atoms with E-state index in [9.17, 15) is 0 Å². The molecule has 5 heterocycles. The van der Waals surface area contributed by atoms with Crippen molar-refractivity contribution in [3.05, 3.63) is 172 Å². The molecule has 0 saturated heterocycles. The van der Waals surface area contributed by atoms with Gasteiger partial charge in [-0.1, -0.05) is 129 Å². The summed E-state index contributed by atoms with van der Waals surface area (Å²) in [4.78, 5) is 5.07. The van der Waals surface area contributed by atoms with Gasteiger partial charge < -0.3 is 18.2 Å². The molecule has 0 bridgehead atoms. The maximum Gasteiger partial charge on any atom is 0.257 e. The van der Waals surface area contributed by atoms with E-state index >= 15 is 0 Å². The van der Waals surface area contributed by atoms with Gasteiger partial charge in [0.05, 0.1) is 11.4 Å². The van der Waals surface area contributed by atoms with E-state index in [0.717, 1.165) is 89.6 Å². The Balaban J connectivity index is 1.19. The molecule has 70 heavy (non-hydrogen) atoms. The van der Waals surface area contributed by atoms with Gasteiger partial charge in [-0.3, -0.25) is 4.90 Å². The van der Waals surface area contributed by atoms with Gasteiger partial charge in [0.1, 0.15) is 28.3 Å². The quantitative estimate of drug-likeness (QED) is 0.165. The van der Waals surface area contributed by atoms with E-state index in [0.29, 0.717) is 0 Å². The van der Waals surface area contributed by atoms with Gasteiger partial charge in [0.25, 0.3) is 6.71 Å². The Morgan fingerprint density at radius 2 is 0.914 bits per heavy atom. The second kappa shape index (κ2) is 15.2. The second-order valence-corrected chi connectivity index (χ2v) is 23.3. The van der Waals surface area contributed by atoms with Crippen LogP contribution in [-0.4, -0.2) is 6.71 Å². The van der Waals surface area contributed by atoms with Crippen molar-refractivity contribution in [2.75, 3.05) is 9.80 Å². The number of benzene rings is 7. The van der Waals surface area contributed by atoms with Crippen molar-refractivity contribution in [1.82, 2.24) is 0 Å².